The molecule has 78 valence electrons. The van der Waals surface area contributed by atoms with Crippen molar-refractivity contribution in [1.29, 1.82) is 5.41 Å². The van der Waals surface area contributed by atoms with E-state index in [-0.39, 0.29) is 5.56 Å². The summed E-state index contributed by atoms with van der Waals surface area (Å²) < 4.78 is 0. The Morgan fingerprint density at radius 1 is 1.60 bits per heavy atom. The van der Waals surface area contributed by atoms with Crippen LogP contribution in [-0.2, 0) is 0 Å². The number of hydrogen-bond donors (Lipinski definition) is 3. The maximum absolute atomic E-state index is 10.9. The molecule has 0 atom stereocenters. The van der Waals surface area contributed by atoms with Crippen molar-refractivity contribution in [1.82, 2.24) is 0 Å². The zero-order chi connectivity index (χ0) is 11.3. The van der Waals surface area contributed by atoms with E-state index in [4.69, 9.17) is 10.5 Å². The maximum atomic E-state index is 10.9. The van der Waals surface area contributed by atoms with E-state index in [2.05, 4.69) is 5.10 Å². The van der Waals surface area contributed by atoms with Crippen molar-refractivity contribution in [2.75, 3.05) is 0 Å². The Labute approximate surface area is 86.9 Å². The second-order valence-corrected chi connectivity index (χ2v) is 2.99. The predicted molar refractivity (Wildman–Crippen MR) is 57.0 cm³/mol. The van der Waals surface area contributed by atoms with Crippen LogP contribution in [0.2, 0.25) is 0 Å². The predicted octanol–water partition coefficient (Wildman–Crippen LogP) is 0.523. The molecule has 0 fully saturated rings. The highest BCUT2D eigenvalue weighted by molar-refractivity contribution is 6.14. The Kier molecular flexibility index (Phi) is 3.70. The smallest absolute Gasteiger partial charge is 0.341 e. The van der Waals surface area contributed by atoms with Gasteiger partial charge in [0.15, 0.2) is 5.69 Å². The number of quaternary nitrogens is 1. The number of nitrogens with one attached hydrogen (secondary N) is 1. The van der Waals surface area contributed by atoms with E-state index in [1.165, 1.54) is 11.6 Å². The molecule has 0 aliphatic rings. The molecular weight excluding hydrogens is 194 g/mol. The molecule has 0 unspecified atom stereocenters. The van der Waals surface area contributed by atoms with Gasteiger partial charge >= 0.3 is 5.97 Å². The molecule has 5 heteroatoms. The second kappa shape index (κ2) is 5.02. The molecule has 0 spiro atoms. The largest absolute Gasteiger partial charge is 0.477 e. The normalized spacial score (nSPS) is 10.5. The van der Waals surface area contributed by atoms with Crippen LogP contribution in [0.3, 0.4) is 0 Å². The molecular formula is C10H12N3O2+. The molecule has 0 saturated carbocycles. The molecule has 1 aromatic rings. The summed E-state index contributed by atoms with van der Waals surface area (Å²) in [6.07, 6.45) is 2.32. The number of carboxylic acid groups (broad SMARTS) is 1. The number of carboxylic acids is 1. The van der Waals surface area contributed by atoms with Crippen molar-refractivity contribution in [2.24, 2.45) is 5.10 Å². The van der Waals surface area contributed by atoms with Crippen LogP contribution in [0.15, 0.2) is 23.3 Å². The van der Waals surface area contributed by atoms with Gasteiger partial charge in [-0.25, -0.2) is 4.79 Å². The third-order valence-electron chi connectivity index (χ3n) is 1.81. The van der Waals surface area contributed by atoms with Crippen LogP contribution < -0.4 is 5.43 Å². The molecule has 1 rings (SSSR count). The van der Waals surface area contributed by atoms with Crippen LogP contribution in [0.25, 0.3) is 0 Å². The molecule has 5 nitrogen and oxygen atoms in total. The van der Waals surface area contributed by atoms with Crippen molar-refractivity contribution in [2.45, 2.75) is 6.92 Å². The van der Waals surface area contributed by atoms with Crippen molar-refractivity contribution in [3.05, 3.63) is 29.3 Å². The first-order valence-electron chi connectivity index (χ1n) is 4.34. The third kappa shape index (κ3) is 2.99. The highest BCUT2D eigenvalue weighted by atomic mass is 16.4. The van der Waals surface area contributed by atoms with E-state index in [0.717, 1.165) is 11.8 Å². The third-order valence-corrected chi connectivity index (χ3v) is 1.81. The quantitative estimate of drug-likeness (QED) is 0.290. The number of aromatic carboxylic acids is 1. The van der Waals surface area contributed by atoms with Gasteiger partial charge < -0.3 is 10.5 Å². The Balaban J connectivity index is 3.00. The average Bonchev–Trinajstić information content (AvgIpc) is 2.20. The molecule has 0 bridgehead atoms. The van der Waals surface area contributed by atoms with Crippen molar-refractivity contribution >= 4 is 24.1 Å². The van der Waals surface area contributed by atoms with Crippen molar-refractivity contribution in [3.63, 3.8) is 0 Å². The number of rotatable bonds is 4. The lowest BCUT2D eigenvalue weighted by molar-refractivity contribution is -0.577. The molecule has 0 saturated heterocycles. The molecule has 0 aliphatic heterocycles. The summed E-state index contributed by atoms with van der Waals surface area (Å²) >= 11 is 0. The van der Waals surface area contributed by atoms with E-state index >= 15 is 0 Å². The summed E-state index contributed by atoms with van der Waals surface area (Å²) in [6, 6.07) is 5.10. The van der Waals surface area contributed by atoms with Gasteiger partial charge in [-0.2, -0.15) is 5.43 Å². The van der Waals surface area contributed by atoms with Crippen LogP contribution in [0.1, 0.15) is 15.9 Å². The second-order valence-electron chi connectivity index (χ2n) is 2.99. The number of carbonyl (C=O) groups is 1. The standard InChI is InChI=1S/C10H11N3O2/c1-7-2-3-9(13-12-5-4-11)8(6-7)10(14)15/h2-6,11,13H,1H3,(H,14,15)/p+1/b11-4?,12-5-. The first-order chi connectivity index (χ1) is 7.15. The molecule has 0 heterocycles. The molecule has 15 heavy (non-hydrogen) atoms. The fourth-order valence-corrected chi connectivity index (χ4v) is 1.13. The first-order valence-corrected chi connectivity index (χ1v) is 4.34. The molecule has 4 N–H and O–H groups in total. The number of hydrogen-bond acceptors (Lipinski definition) is 3. The fraction of sp³-hybridized carbons (Fsp3) is 0.100. The summed E-state index contributed by atoms with van der Waals surface area (Å²) in [5.74, 6) is -0.977. The van der Waals surface area contributed by atoms with E-state index in [0.29, 0.717) is 5.69 Å². The lowest BCUT2D eigenvalue weighted by Crippen LogP contribution is -2.71. The van der Waals surface area contributed by atoms with Crippen molar-refractivity contribution < 1.29 is 15.3 Å². The molecule has 1 aromatic carbocycles. The van der Waals surface area contributed by atoms with E-state index in [1.54, 1.807) is 12.1 Å². The molecule has 0 radical (unpaired) electrons. The SMILES string of the molecule is Cc1ccc([NH2+]/N=C\C=N)c(C(=O)O)c1. The number of aryl methyl sites for hydroxylation is 1. The lowest BCUT2D eigenvalue weighted by Gasteiger charge is -2.00. The minimum atomic E-state index is -0.977. The zero-order valence-corrected chi connectivity index (χ0v) is 8.27. The van der Waals surface area contributed by atoms with Gasteiger partial charge in [-0.15, -0.1) is 0 Å². The fourth-order valence-electron chi connectivity index (χ4n) is 1.13. The van der Waals surface area contributed by atoms with Crippen LogP contribution in [0.4, 0.5) is 5.69 Å². The Morgan fingerprint density at radius 2 is 2.33 bits per heavy atom. The highest BCUT2D eigenvalue weighted by Crippen LogP contribution is 2.12. The summed E-state index contributed by atoms with van der Waals surface area (Å²) in [6.45, 7) is 1.83. The van der Waals surface area contributed by atoms with Gasteiger partial charge in [-0.05, 0) is 18.6 Å². The number of benzene rings is 1. The van der Waals surface area contributed by atoms with Gasteiger partial charge in [-0.3, -0.25) is 0 Å². The molecule has 0 aromatic heterocycles. The van der Waals surface area contributed by atoms with E-state index in [1.807, 2.05) is 13.0 Å². The topological polar surface area (TPSA) is 90.1 Å². The van der Waals surface area contributed by atoms with Crippen molar-refractivity contribution in [3.8, 4) is 0 Å². The average molecular weight is 206 g/mol. The van der Waals surface area contributed by atoms with Gasteiger partial charge in [0.25, 0.3) is 0 Å². The number of nitrogens with zero attached hydrogens (tertiary/aromatic N) is 1. The Bertz CT molecular complexity index is 413. The maximum Gasteiger partial charge on any atom is 0.341 e. The number of nitrogens with two attached hydrogens (primary N) is 1. The first kappa shape index (κ1) is 11.1. The minimum absolute atomic E-state index is 0.220. The van der Waals surface area contributed by atoms with Crippen LogP contribution in [-0.4, -0.2) is 23.5 Å². The van der Waals surface area contributed by atoms with Gasteiger partial charge in [0, 0.05) is 12.3 Å². The Hall–Kier alpha value is -2.01. The van der Waals surface area contributed by atoms with Crippen LogP contribution in [0, 0.1) is 12.3 Å². The minimum Gasteiger partial charge on any atom is -0.477 e. The van der Waals surface area contributed by atoms with E-state index < -0.39 is 5.97 Å². The summed E-state index contributed by atoms with van der Waals surface area (Å²) in [5.41, 5.74) is 3.07. The summed E-state index contributed by atoms with van der Waals surface area (Å²) in [4.78, 5) is 10.9. The lowest BCUT2D eigenvalue weighted by atomic mass is 10.1. The summed E-state index contributed by atoms with van der Waals surface area (Å²) in [5, 5.41) is 19.4. The Morgan fingerprint density at radius 3 is 2.93 bits per heavy atom. The van der Waals surface area contributed by atoms with Gasteiger partial charge in [-0.1, -0.05) is 11.2 Å². The van der Waals surface area contributed by atoms with E-state index in [9.17, 15) is 4.79 Å². The van der Waals surface area contributed by atoms with Gasteiger partial charge in [0.05, 0.1) is 0 Å². The molecule has 0 aliphatic carbocycles. The monoisotopic (exact) mass is 206 g/mol. The van der Waals surface area contributed by atoms with Crippen LogP contribution in [0.5, 0.6) is 0 Å². The molecule has 0 amide bonds. The summed E-state index contributed by atoms with van der Waals surface area (Å²) in [7, 11) is 0. The van der Waals surface area contributed by atoms with Gasteiger partial charge in [0.2, 0.25) is 0 Å². The van der Waals surface area contributed by atoms with Crippen LogP contribution >= 0.6 is 0 Å². The highest BCUT2D eigenvalue weighted by Gasteiger charge is 2.12. The zero-order valence-electron chi connectivity index (χ0n) is 8.27. The van der Waals surface area contributed by atoms with Gasteiger partial charge in [0.1, 0.15) is 11.8 Å².